The van der Waals surface area contributed by atoms with Gasteiger partial charge in [0.25, 0.3) is 5.91 Å². The minimum absolute atomic E-state index is 0.436. The number of nitrogens with one attached hydrogen (secondary N) is 1. The second-order valence-electron chi connectivity index (χ2n) is 5.44. The molecule has 1 amide bonds. The van der Waals surface area contributed by atoms with E-state index in [4.69, 9.17) is 9.84 Å². The summed E-state index contributed by atoms with van der Waals surface area (Å²) in [4.78, 5) is 23.5. The van der Waals surface area contributed by atoms with Crippen molar-refractivity contribution in [2.45, 2.75) is 18.6 Å². The molecule has 0 heterocycles. The van der Waals surface area contributed by atoms with Gasteiger partial charge < -0.3 is 15.2 Å². The molecule has 0 fully saturated rings. The van der Waals surface area contributed by atoms with Gasteiger partial charge in [-0.05, 0) is 29.8 Å². The van der Waals surface area contributed by atoms with E-state index in [1.165, 1.54) is 19.2 Å². The molecule has 0 radical (unpaired) electrons. The molecule has 0 aliphatic carbocycles. The van der Waals surface area contributed by atoms with Crippen LogP contribution in [0.5, 0.6) is 5.75 Å². The maximum atomic E-state index is 13.1. The number of methoxy groups -OCH3 is 1. The minimum atomic E-state index is -4.70. The number of carbonyl (C=O) groups is 2. The van der Waals surface area contributed by atoms with Crippen LogP contribution in [0.1, 0.15) is 33.9 Å². The van der Waals surface area contributed by atoms with Crippen molar-refractivity contribution in [2.75, 3.05) is 7.11 Å². The number of hydrogen-bond acceptors (Lipinski definition) is 3. The Morgan fingerprint density at radius 1 is 1.12 bits per heavy atom. The molecule has 0 bridgehead atoms. The predicted octanol–water partition coefficient (Wildman–Crippen LogP) is 3.66. The lowest BCUT2D eigenvalue weighted by Gasteiger charge is -2.19. The number of carboxylic acids is 1. The number of ether oxygens (including phenoxy) is 1. The van der Waals surface area contributed by atoms with Crippen molar-refractivity contribution in [3.63, 3.8) is 0 Å². The SMILES string of the molecule is COc1ccc([C@@H](CC(=O)O)NC(=O)c2ccccc2C(F)(F)F)cc1. The van der Waals surface area contributed by atoms with Crippen molar-refractivity contribution < 1.29 is 32.6 Å². The summed E-state index contributed by atoms with van der Waals surface area (Å²) in [5.41, 5.74) is -1.21. The lowest BCUT2D eigenvalue weighted by atomic mass is 10.0. The fourth-order valence-corrected chi connectivity index (χ4v) is 2.43. The molecule has 8 heteroatoms. The Bertz CT molecular complexity index is 788. The van der Waals surface area contributed by atoms with Crippen molar-refractivity contribution in [3.8, 4) is 5.75 Å². The molecule has 0 spiro atoms. The summed E-state index contributed by atoms with van der Waals surface area (Å²) in [5.74, 6) is -1.67. The molecule has 0 unspecified atom stereocenters. The number of carboxylic acid groups (broad SMARTS) is 1. The molecular weight excluding hydrogens is 351 g/mol. The summed E-state index contributed by atoms with van der Waals surface area (Å²) in [5, 5.41) is 11.4. The molecule has 5 nitrogen and oxygen atoms in total. The first-order valence-electron chi connectivity index (χ1n) is 7.55. The van der Waals surface area contributed by atoms with Crippen molar-refractivity contribution in [2.24, 2.45) is 0 Å². The van der Waals surface area contributed by atoms with Crippen molar-refractivity contribution in [3.05, 3.63) is 65.2 Å². The number of alkyl halides is 3. The number of aliphatic carboxylic acids is 1. The van der Waals surface area contributed by atoms with Gasteiger partial charge in [0.05, 0.1) is 30.7 Å². The van der Waals surface area contributed by atoms with Gasteiger partial charge in [-0.15, -0.1) is 0 Å². The van der Waals surface area contributed by atoms with Crippen molar-refractivity contribution in [1.29, 1.82) is 0 Å². The van der Waals surface area contributed by atoms with Crippen LogP contribution in [-0.2, 0) is 11.0 Å². The van der Waals surface area contributed by atoms with Crippen LogP contribution in [0.4, 0.5) is 13.2 Å². The first-order chi connectivity index (χ1) is 12.2. The average Bonchev–Trinajstić information content (AvgIpc) is 2.60. The minimum Gasteiger partial charge on any atom is -0.497 e. The molecule has 2 N–H and O–H groups in total. The Morgan fingerprint density at radius 3 is 2.27 bits per heavy atom. The van der Waals surface area contributed by atoms with E-state index < -0.39 is 41.6 Å². The van der Waals surface area contributed by atoms with E-state index in [9.17, 15) is 22.8 Å². The first kappa shape index (κ1) is 19.3. The van der Waals surface area contributed by atoms with Crippen molar-refractivity contribution >= 4 is 11.9 Å². The fourth-order valence-electron chi connectivity index (χ4n) is 2.43. The predicted molar refractivity (Wildman–Crippen MR) is 86.9 cm³/mol. The topological polar surface area (TPSA) is 75.6 Å². The Labute approximate surface area is 147 Å². The van der Waals surface area contributed by atoms with Crippen LogP contribution in [0.3, 0.4) is 0 Å². The van der Waals surface area contributed by atoms with Crippen LogP contribution in [-0.4, -0.2) is 24.1 Å². The van der Waals surface area contributed by atoms with Gasteiger partial charge in [-0.3, -0.25) is 9.59 Å². The molecular formula is C18H16F3NO4. The number of benzene rings is 2. The highest BCUT2D eigenvalue weighted by Crippen LogP contribution is 2.32. The maximum absolute atomic E-state index is 13.1. The molecule has 2 aromatic rings. The van der Waals surface area contributed by atoms with E-state index >= 15 is 0 Å². The van der Waals surface area contributed by atoms with Crippen LogP contribution in [0.25, 0.3) is 0 Å². The molecule has 2 aromatic carbocycles. The van der Waals surface area contributed by atoms with Crippen LogP contribution < -0.4 is 10.1 Å². The lowest BCUT2D eigenvalue weighted by Crippen LogP contribution is -2.31. The Balaban J connectivity index is 2.31. The van der Waals surface area contributed by atoms with Crippen LogP contribution in [0.2, 0.25) is 0 Å². The van der Waals surface area contributed by atoms with Crippen LogP contribution in [0, 0.1) is 0 Å². The van der Waals surface area contributed by atoms with Gasteiger partial charge in [0.15, 0.2) is 0 Å². The Kier molecular flexibility index (Phi) is 5.86. The maximum Gasteiger partial charge on any atom is 0.417 e. The third-order valence-corrected chi connectivity index (χ3v) is 3.68. The standard InChI is InChI=1S/C18H16F3NO4/c1-26-12-8-6-11(7-9-12)15(10-16(23)24)22-17(25)13-4-2-3-5-14(13)18(19,20)21/h2-9,15H,10H2,1H3,(H,22,25)(H,23,24)/t15-/m1/s1. The molecule has 0 aromatic heterocycles. The monoisotopic (exact) mass is 367 g/mol. The normalized spacial score (nSPS) is 12.3. The molecule has 0 aliphatic heterocycles. The molecule has 1 atom stereocenters. The van der Waals surface area contributed by atoms with Crippen LogP contribution in [0.15, 0.2) is 48.5 Å². The van der Waals surface area contributed by atoms with E-state index in [-0.39, 0.29) is 0 Å². The fraction of sp³-hybridized carbons (Fsp3) is 0.222. The average molecular weight is 367 g/mol. The van der Waals surface area contributed by atoms with E-state index in [2.05, 4.69) is 5.32 Å². The van der Waals surface area contributed by atoms with E-state index in [0.29, 0.717) is 11.3 Å². The Morgan fingerprint density at radius 2 is 1.73 bits per heavy atom. The third kappa shape index (κ3) is 4.75. The summed E-state index contributed by atoms with van der Waals surface area (Å²) in [6.45, 7) is 0. The third-order valence-electron chi connectivity index (χ3n) is 3.68. The zero-order valence-corrected chi connectivity index (χ0v) is 13.7. The molecule has 0 saturated carbocycles. The second-order valence-corrected chi connectivity index (χ2v) is 5.44. The zero-order chi connectivity index (χ0) is 19.3. The van der Waals surface area contributed by atoms with Crippen LogP contribution >= 0.6 is 0 Å². The van der Waals surface area contributed by atoms with E-state index in [0.717, 1.165) is 12.1 Å². The van der Waals surface area contributed by atoms with Gasteiger partial charge in [-0.2, -0.15) is 13.2 Å². The van der Waals surface area contributed by atoms with E-state index in [1.54, 1.807) is 24.3 Å². The summed E-state index contributed by atoms with van der Waals surface area (Å²) in [6.07, 6.45) is -5.18. The number of amides is 1. The molecule has 2 rings (SSSR count). The molecule has 26 heavy (non-hydrogen) atoms. The second kappa shape index (κ2) is 7.90. The highest BCUT2D eigenvalue weighted by atomic mass is 19.4. The number of halogens is 3. The quantitative estimate of drug-likeness (QED) is 0.817. The number of carbonyl (C=O) groups excluding carboxylic acids is 1. The van der Waals surface area contributed by atoms with Gasteiger partial charge in [0.1, 0.15) is 5.75 Å². The number of rotatable bonds is 6. The summed E-state index contributed by atoms with van der Waals surface area (Å²) < 4.78 is 44.2. The molecule has 0 aliphatic rings. The largest absolute Gasteiger partial charge is 0.497 e. The Hall–Kier alpha value is -3.03. The summed E-state index contributed by atoms with van der Waals surface area (Å²) in [7, 11) is 1.46. The van der Waals surface area contributed by atoms with E-state index in [1.807, 2.05) is 0 Å². The van der Waals surface area contributed by atoms with Gasteiger partial charge in [-0.1, -0.05) is 24.3 Å². The zero-order valence-electron chi connectivity index (χ0n) is 13.7. The molecule has 0 saturated heterocycles. The summed E-state index contributed by atoms with van der Waals surface area (Å²) in [6, 6.07) is 9.57. The van der Waals surface area contributed by atoms with Gasteiger partial charge >= 0.3 is 12.1 Å². The van der Waals surface area contributed by atoms with Gasteiger partial charge in [0.2, 0.25) is 0 Å². The van der Waals surface area contributed by atoms with Crippen molar-refractivity contribution in [1.82, 2.24) is 5.32 Å². The summed E-state index contributed by atoms with van der Waals surface area (Å²) >= 11 is 0. The highest BCUT2D eigenvalue weighted by Gasteiger charge is 2.35. The smallest absolute Gasteiger partial charge is 0.417 e. The molecule has 138 valence electrons. The van der Waals surface area contributed by atoms with Gasteiger partial charge in [-0.25, -0.2) is 0 Å². The lowest BCUT2D eigenvalue weighted by molar-refractivity contribution is -0.139. The first-order valence-corrected chi connectivity index (χ1v) is 7.55. The van der Waals surface area contributed by atoms with Gasteiger partial charge in [0, 0.05) is 0 Å². The highest BCUT2D eigenvalue weighted by molar-refractivity contribution is 5.96. The number of hydrogen-bond donors (Lipinski definition) is 2.